The lowest BCUT2D eigenvalue weighted by Gasteiger charge is -2.07. The second kappa shape index (κ2) is 5.53. The fourth-order valence-corrected chi connectivity index (χ4v) is 2.14. The maximum Gasteiger partial charge on any atom is 0.134 e. The zero-order valence-electron chi connectivity index (χ0n) is 11.2. The van der Waals surface area contributed by atoms with Crippen LogP contribution in [-0.4, -0.2) is 6.04 Å². The zero-order chi connectivity index (χ0) is 13.1. The van der Waals surface area contributed by atoms with Gasteiger partial charge in [0, 0.05) is 17.0 Å². The van der Waals surface area contributed by atoms with Gasteiger partial charge >= 0.3 is 0 Å². The van der Waals surface area contributed by atoms with Crippen molar-refractivity contribution in [2.45, 2.75) is 46.2 Å². The van der Waals surface area contributed by atoms with Gasteiger partial charge in [0.2, 0.25) is 0 Å². The molecule has 0 spiro atoms. The van der Waals surface area contributed by atoms with E-state index in [0.29, 0.717) is 12.6 Å². The van der Waals surface area contributed by atoms with Gasteiger partial charge in [-0.25, -0.2) is 4.39 Å². The molecule has 2 nitrogen and oxygen atoms in total. The highest BCUT2D eigenvalue weighted by atomic mass is 19.1. The van der Waals surface area contributed by atoms with Crippen molar-refractivity contribution < 1.29 is 8.81 Å². The molecule has 0 fully saturated rings. The molecule has 0 radical (unpaired) electrons. The van der Waals surface area contributed by atoms with Gasteiger partial charge in [0.15, 0.2) is 0 Å². The Kier molecular flexibility index (Phi) is 4.02. The summed E-state index contributed by atoms with van der Waals surface area (Å²) in [4.78, 5) is 0. The minimum atomic E-state index is -0.205. The lowest BCUT2D eigenvalue weighted by atomic mass is 10.1. The maximum atomic E-state index is 13.3. The summed E-state index contributed by atoms with van der Waals surface area (Å²) in [6, 6.07) is 5.14. The Morgan fingerprint density at radius 2 is 2.11 bits per heavy atom. The summed E-state index contributed by atoms with van der Waals surface area (Å²) in [5, 5.41) is 4.26. The van der Waals surface area contributed by atoms with Gasteiger partial charge in [-0.3, -0.25) is 0 Å². The highest BCUT2D eigenvalue weighted by molar-refractivity contribution is 5.82. The molecule has 2 rings (SSSR count). The maximum absolute atomic E-state index is 13.3. The van der Waals surface area contributed by atoms with Crippen LogP contribution in [0.25, 0.3) is 11.0 Å². The second-order valence-electron chi connectivity index (χ2n) is 4.93. The third-order valence-corrected chi connectivity index (χ3v) is 3.01. The summed E-state index contributed by atoms with van der Waals surface area (Å²) in [6.07, 6.45) is 1.95. The number of hydrogen-bond donors (Lipinski definition) is 1. The summed E-state index contributed by atoms with van der Waals surface area (Å²) >= 11 is 0. The van der Waals surface area contributed by atoms with Gasteiger partial charge in [0.05, 0.1) is 6.54 Å². The molecular formula is C15H20FNO. The molecule has 0 saturated heterocycles. The number of furan rings is 1. The molecule has 0 aliphatic heterocycles. The molecule has 98 valence electrons. The van der Waals surface area contributed by atoms with E-state index in [1.165, 1.54) is 6.07 Å². The van der Waals surface area contributed by atoms with E-state index >= 15 is 0 Å². The fraction of sp³-hybridized carbons (Fsp3) is 0.467. The largest absolute Gasteiger partial charge is 0.459 e. The van der Waals surface area contributed by atoms with E-state index in [1.54, 1.807) is 12.1 Å². The number of rotatable bonds is 5. The van der Waals surface area contributed by atoms with Crippen LogP contribution in [0.4, 0.5) is 4.39 Å². The Labute approximate surface area is 107 Å². The van der Waals surface area contributed by atoms with Crippen LogP contribution in [0.2, 0.25) is 0 Å². The molecule has 0 bridgehead atoms. The molecule has 3 heteroatoms. The molecule has 0 aliphatic carbocycles. The second-order valence-corrected chi connectivity index (χ2v) is 4.93. The van der Waals surface area contributed by atoms with E-state index < -0.39 is 0 Å². The summed E-state index contributed by atoms with van der Waals surface area (Å²) in [5.41, 5.74) is 1.92. The van der Waals surface area contributed by atoms with E-state index in [1.807, 2.05) is 0 Å². The first kappa shape index (κ1) is 13.1. The third kappa shape index (κ3) is 2.72. The van der Waals surface area contributed by atoms with E-state index in [2.05, 4.69) is 26.1 Å². The fourth-order valence-electron chi connectivity index (χ4n) is 2.14. The van der Waals surface area contributed by atoms with Gasteiger partial charge in [-0.1, -0.05) is 27.2 Å². The number of benzene rings is 1. The Bertz CT molecular complexity index is 531. The first-order chi connectivity index (χ1) is 8.61. The number of hydrogen-bond acceptors (Lipinski definition) is 2. The molecule has 0 atom stereocenters. The predicted octanol–water partition coefficient (Wildman–Crippen LogP) is 4.02. The van der Waals surface area contributed by atoms with Crippen LogP contribution in [0, 0.1) is 5.82 Å². The van der Waals surface area contributed by atoms with Crippen LogP contribution in [0.15, 0.2) is 22.6 Å². The number of aryl methyl sites for hydroxylation is 1. The average Bonchev–Trinajstić information content (AvgIpc) is 2.65. The van der Waals surface area contributed by atoms with Crippen molar-refractivity contribution in [2.24, 2.45) is 0 Å². The van der Waals surface area contributed by atoms with Gasteiger partial charge < -0.3 is 9.73 Å². The normalized spacial score (nSPS) is 11.6. The van der Waals surface area contributed by atoms with Crippen molar-refractivity contribution in [1.82, 2.24) is 5.32 Å². The van der Waals surface area contributed by atoms with Gasteiger partial charge in [-0.05, 0) is 24.6 Å². The standard InChI is InChI=1S/C15H20FNO/c1-4-5-12-13-8-11(16)6-7-14(13)18-15(12)9-17-10(2)3/h6-8,10,17H,4-5,9H2,1-3H3. The highest BCUT2D eigenvalue weighted by Gasteiger charge is 2.14. The summed E-state index contributed by atoms with van der Waals surface area (Å²) < 4.78 is 19.2. The lowest BCUT2D eigenvalue weighted by molar-refractivity contribution is 0.482. The Hall–Kier alpha value is -1.35. The Balaban J connectivity index is 2.41. The van der Waals surface area contributed by atoms with Crippen LogP contribution in [0.5, 0.6) is 0 Å². The van der Waals surface area contributed by atoms with E-state index in [0.717, 1.165) is 35.1 Å². The molecule has 0 aliphatic rings. The van der Waals surface area contributed by atoms with Crippen molar-refractivity contribution >= 4 is 11.0 Å². The first-order valence-electron chi connectivity index (χ1n) is 6.55. The van der Waals surface area contributed by atoms with Crippen molar-refractivity contribution in [3.63, 3.8) is 0 Å². The van der Waals surface area contributed by atoms with Crippen LogP contribution in [-0.2, 0) is 13.0 Å². The van der Waals surface area contributed by atoms with Gasteiger partial charge in [-0.15, -0.1) is 0 Å². The smallest absolute Gasteiger partial charge is 0.134 e. The molecule has 1 aromatic carbocycles. The molecule has 1 aromatic heterocycles. The van der Waals surface area contributed by atoms with Crippen molar-refractivity contribution in [2.75, 3.05) is 0 Å². The van der Waals surface area contributed by atoms with Gasteiger partial charge in [0.25, 0.3) is 0 Å². The monoisotopic (exact) mass is 249 g/mol. The summed E-state index contributed by atoms with van der Waals surface area (Å²) in [6.45, 7) is 7.02. The molecule has 0 unspecified atom stereocenters. The topological polar surface area (TPSA) is 25.2 Å². The van der Waals surface area contributed by atoms with Crippen LogP contribution < -0.4 is 5.32 Å². The molecule has 18 heavy (non-hydrogen) atoms. The SMILES string of the molecule is CCCc1c(CNC(C)C)oc2ccc(F)cc12. The molecular weight excluding hydrogens is 229 g/mol. The van der Waals surface area contributed by atoms with Crippen LogP contribution in [0.1, 0.15) is 38.5 Å². The lowest BCUT2D eigenvalue weighted by Crippen LogP contribution is -2.22. The number of halogens is 1. The zero-order valence-corrected chi connectivity index (χ0v) is 11.2. The Morgan fingerprint density at radius 1 is 1.33 bits per heavy atom. The Morgan fingerprint density at radius 3 is 2.78 bits per heavy atom. The third-order valence-electron chi connectivity index (χ3n) is 3.01. The van der Waals surface area contributed by atoms with Gasteiger partial charge in [-0.2, -0.15) is 0 Å². The molecule has 2 aromatic rings. The molecule has 0 saturated carbocycles. The number of fused-ring (bicyclic) bond motifs is 1. The summed E-state index contributed by atoms with van der Waals surface area (Å²) in [7, 11) is 0. The average molecular weight is 249 g/mol. The van der Waals surface area contributed by atoms with E-state index in [4.69, 9.17) is 4.42 Å². The van der Waals surface area contributed by atoms with Crippen LogP contribution >= 0.6 is 0 Å². The quantitative estimate of drug-likeness (QED) is 0.865. The summed E-state index contributed by atoms with van der Waals surface area (Å²) in [5.74, 6) is 0.732. The predicted molar refractivity (Wildman–Crippen MR) is 72.1 cm³/mol. The van der Waals surface area contributed by atoms with Gasteiger partial charge in [0.1, 0.15) is 17.2 Å². The molecule has 0 amide bonds. The van der Waals surface area contributed by atoms with E-state index in [9.17, 15) is 4.39 Å². The van der Waals surface area contributed by atoms with Crippen LogP contribution in [0.3, 0.4) is 0 Å². The first-order valence-corrected chi connectivity index (χ1v) is 6.55. The highest BCUT2D eigenvalue weighted by Crippen LogP contribution is 2.28. The molecule has 1 heterocycles. The minimum Gasteiger partial charge on any atom is -0.459 e. The minimum absolute atomic E-state index is 0.205. The number of nitrogens with one attached hydrogen (secondary N) is 1. The van der Waals surface area contributed by atoms with E-state index in [-0.39, 0.29) is 5.82 Å². The van der Waals surface area contributed by atoms with Crippen molar-refractivity contribution in [1.29, 1.82) is 0 Å². The van der Waals surface area contributed by atoms with Crippen molar-refractivity contribution in [3.05, 3.63) is 35.3 Å². The molecule has 1 N–H and O–H groups in total. The van der Waals surface area contributed by atoms with Crippen molar-refractivity contribution in [3.8, 4) is 0 Å².